The van der Waals surface area contributed by atoms with E-state index in [2.05, 4.69) is 11.6 Å². The van der Waals surface area contributed by atoms with Gasteiger partial charge in [-0.25, -0.2) is 0 Å². The maximum absolute atomic E-state index is 5.17. The van der Waals surface area contributed by atoms with Crippen molar-refractivity contribution < 1.29 is 4.42 Å². The minimum Gasteiger partial charge on any atom is -0.462 e. The molecule has 0 amide bonds. The minimum absolute atomic E-state index is 0.737. The molecule has 0 aliphatic heterocycles. The van der Waals surface area contributed by atoms with Crippen LogP contribution in [0.5, 0.6) is 0 Å². The number of furan rings is 1. The molecule has 0 bridgehead atoms. The molecule has 0 aromatic carbocycles. The summed E-state index contributed by atoms with van der Waals surface area (Å²) in [5.41, 5.74) is 1.92. The lowest BCUT2D eigenvalue weighted by Gasteiger charge is -1.89. The number of hydrogen-bond acceptors (Lipinski definition) is 2. The summed E-state index contributed by atoms with van der Waals surface area (Å²) in [7, 11) is 0. The molecule has 0 aliphatic rings. The monoisotopic (exact) mass is 209 g/mol. The molecule has 1 rings (SSSR count). The van der Waals surface area contributed by atoms with Gasteiger partial charge in [-0.1, -0.05) is 34.3 Å². The van der Waals surface area contributed by atoms with E-state index in [1.807, 2.05) is 41.5 Å². The Bertz CT molecular complexity index is 285. The molecule has 0 atom stereocenters. The number of aliphatic imine (C=N–C) groups is 1. The zero-order valence-electron chi connectivity index (χ0n) is 10.8. The Morgan fingerprint density at radius 3 is 2.20 bits per heavy atom. The fourth-order valence-corrected chi connectivity index (χ4v) is 0.897. The van der Waals surface area contributed by atoms with E-state index in [9.17, 15) is 0 Å². The summed E-state index contributed by atoms with van der Waals surface area (Å²) in [5, 5.41) is 0. The molecule has 0 radical (unpaired) electrons. The van der Waals surface area contributed by atoms with E-state index in [1.165, 1.54) is 0 Å². The smallest absolute Gasteiger partial charge is 0.151 e. The first-order valence-corrected chi connectivity index (χ1v) is 5.48. The first-order chi connectivity index (χ1) is 7.29. The van der Waals surface area contributed by atoms with Gasteiger partial charge in [-0.15, -0.1) is 0 Å². The third-order valence-corrected chi connectivity index (χ3v) is 1.41. The highest BCUT2D eigenvalue weighted by molar-refractivity contribution is 5.68. The van der Waals surface area contributed by atoms with Crippen LogP contribution in [0.15, 0.2) is 22.3 Å². The van der Waals surface area contributed by atoms with E-state index in [-0.39, 0.29) is 0 Å². The van der Waals surface area contributed by atoms with Gasteiger partial charge in [0.15, 0.2) is 5.76 Å². The molecule has 86 valence electrons. The van der Waals surface area contributed by atoms with Crippen LogP contribution in [-0.4, -0.2) is 6.21 Å². The second kappa shape index (κ2) is 10.8. The average Bonchev–Trinajstić information content (AvgIpc) is 2.66. The molecule has 2 heteroatoms. The fourth-order valence-electron chi connectivity index (χ4n) is 0.897. The topological polar surface area (TPSA) is 25.5 Å². The van der Waals surface area contributed by atoms with Crippen molar-refractivity contribution in [2.45, 2.75) is 41.5 Å². The molecule has 1 aromatic rings. The largest absolute Gasteiger partial charge is 0.462 e. The molecule has 0 unspecified atom stereocenters. The van der Waals surface area contributed by atoms with Gasteiger partial charge in [0.25, 0.3) is 0 Å². The van der Waals surface area contributed by atoms with Gasteiger partial charge in [-0.05, 0) is 19.9 Å². The van der Waals surface area contributed by atoms with E-state index in [0.717, 1.165) is 17.0 Å². The highest BCUT2D eigenvalue weighted by Gasteiger charge is 2.04. The summed E-state index contributed by atoms with van der Waals surface area (Å²) in [6, 6.07) is 0. The van der Waals surface area contributed by atoms with Crippen LogP contribution in [0.3, 0.4) is 0 Å². The summed E-state index contributed by atoms with van der Waals surface area (Å²) in [6.45, 7) is 15.5. The summed E-state index contributed by atoms with van der Waals surface area (Å²) in [4.78, 5) is 4.15. The van der Waals surface area contributed by atoms with Gasteiger partial charge in [-0.3, -0.25) is 4.99 Å². The van der Waals surface area contributed by atoms with Crippen LogP contribution in [0, 0.1) is 6.92 Å². The second-order valence-electron chi connectivity index (χ2n) is 2.22. The van der Waals surface area contributed by atoms with Crippen molar-refractivity contribution in [3.8, 4) is 0 Å². The summed E-state index contributed by atoms with van der Waals surface area (Å²) < 4.78 is 5.17. The van der Waals surface area contributed by atoms with Crippen LogP contribution in [0.2, 0.25) is 0 Å². The molecule has 15 heavy (non-hydrogen) atoms. The van der Waals surface area contributed by atoms with Crippen LogP contribution in [0.25, 0.3) is 6.08 Å². The van der Waals surface area contributed by atoms with Gasteiger partial charge < -0.3 is 4.42 Å². The Morgan fingerprint density at radius 2 is 1.80 bits per heavy atom. The fraction of sp³-hybridized carbons (Fsp3) is 0.462. The van der Waals surface area contributed by atoms with E-state index in [0.29, 0.717) is 0 Å². The van der Waals surface area contributed by atoms with Gasteiger partial charge in [0.1, 0.15) is 5.69 Å². The van der Waals surface area contributed by atoms with Crippen molar-refractivity contribution in [3.05, 3.63) is 24.2 Å². The molecule has 0 fully saturated rings. The van der Waals surface area contributed by atoms with Gasteiger partial charge >= 0.3 is 0 Å². The number of rotatable bonds is 2. The van der Waals surface area contributed by atoms with Crippen LogP contribution in [-0.2, 0) is 0 Å². The normalized spacial score (nSPS) is 8.67. The maximum atomic E-state index is 5.17. The molecule has 0 spiro atoms. The molecule has 2 nitrogen and oxygen atoms in total. The molecule has 0 saturated heterocycles. The Labute approximate surface area is 93.7 Å². The second-order valence-corrected chi connectivity index (χ2v) is 2.22. The highest BCUT2D eigenvalue weighted by Crippen LogP contribution is 2.26. The van der Waals surface area contributed by atoms with Crippen LogP contribution in [0.4, 0.5) is 5.69 Å². The third kappa shape index (κ3) is 5.21. The molecular formula is C13H23NO. The molecular weight excluding hydrogens is 186 g/mol. The number of aryl methyl sites for hydroxylation is 1. The highest BCUT2D eigenvalue weighted by atomic mass is 16.3. The molecule has 0 N–H and O–H groups in total. The van der Waals surface area contributed by atoms with Crippen molar-refractivity contribution in [2.75, 3.05) is 0 Å². The van der Waals surface area contributed by atoms with E-state index in [1.54, 1.807) is 18.6 Å². The predicted octanol–water partition coefficient (Wildman–Crippen LogP) is 5.01. The molecule has 1 aromatic heterocycles. The third-order valence-electron chi connectivity index (χ3n) is 1.41. The van der Waals surface area contributed by atoms with Crippen molar-refractivity contribution in [1.29, 1.82) is 0 Å². The predicted molar refractivity (Wildman–Crippen MR) is 70.1 cm³/mol. The lowest BCUT2D eigenvalue weighted by atomic mass is 10.3. The SMILES string of the molecule is C=Cc1occ(C)c1N=CC.CC.CC. The molecule has 0 aliphatic carbocycles. The van der Waals surface area contributed by atoms with E-state index in [4.69, 9.17) is 4.42 Å². The van der Waals surface area contributed by atoms with Gasteiger partial charge in [0, 0.05) is 11.8 Å². The van der Waals surface area contributed by atoms with Crippen molar-refractivity contribution in [2.24, 2.45) is 4.99 Å². The maximum Gasteiger partial charge on any atom is 0.151 e. The first-order valence-electron chi connectivity index (χ1n) is 5.48. The van der Waals surface area contributed by atoms with Crippen molar-refractivity contribution in [3.63, 3.8) is 0 Å². The van der Waals surface area contributed by atoms with Gasteiger partial charge in [-0.2, -0.15) is 0 Å². The summed E-state index contributed by atoms with van der Waals surface area (Å²) in [5.74, 6) is 0.737. The standard InChI is InChI=1S/C9H11NO.2C2H6/c1-4-8-9(10-5-2)7(3)6-11-8;2*1-2/h4-6H,1H2,2-3H3;2*1-2H3. The number of nitrogens with zero attached hydrogens (tertiary/aromatic N) is 1. The number of hydrogen-bond donors (Lipinski definition) is 0. The van der Waals surface area contributed by atoms with Crippen LogP contribution >= 0.6 is 0 Å². The Hall–Kier alpha value is -1.31. The molecule has 0 saturated carbocycles. The Balaban J connectivity index is 0. The van der Waals surface area contributed by atoms with Crippen LogP contribution in [0.1, 0.15) is 45.9 Å². The first kappa shape index (κ1) is 16.1. The van der Waals surface area contributed by atoms with Crippen molar-refractivity contribution >= 4 is 18.0 Å². The zero-order valence-corrected chi connectivity index (χ0v) is 10.8. The van der Waals surface area contributed by atoms with E-state index >= 15 is 0 Å². The minimum atomic E-state index is 0.737. The molecule has 1 heterocycles. The summed E-state index contributed by atoms with van der Waals surface area (Å²) >= 11 is 0. The van der Waals surface area contributed by atoms with Crippen molar-refractivity contribution in [1.82, 2.24) is 0 Å². The van der Waals surface area contributed by atoms with E-state index < -0.39 is 0 Å². The average molecular weight is 209 g/mol. The lowest BCUT2D eigenvalue weighted by molar-refractivity contribution is 0.556. The Kier molecular flexibility index (Phi) is 11.6. The quantitative estimate of drug-likeness (QED) is 0.629. The Morgan fingerprint density at radius 1 is 1.27 bits per heavy atom. The zero-order chi connectivity index (χ0) is 12.3. The van der Waals surface area contributed by atoms with Gasteiger partial charge in [0.2, 0.25) is 0 Å². The van der Waals surface area contributed by atoms with Crippen LogP contribution < -0.4 is 0 Å². The lowest BCUT2D eigenvalue weighted by Crippen LogP contribution is -1.68. The summed E-state index contributed by atoms with van der Waals surface area (Å²) in [6.07, 6.45) is 5.08. The van der Waals surface area contributed by atoms with Gasteiger partial charge in [0.05, 0.1) is 6.26 Å².